The zero-order valence-corrected chi connectivity index (χ0v) is 10.6. The van der Waals surface area contributed by atoms with Crippen LogP contribution >= 0.6 is 0 Å². The summed E-state index contributed by atoms with van der Waals surface area (Å²) in [5, 5.41) is 19.8. The van der Waals surface area contributed by atoms with Gasteiger partial charge in [-0.25, -0.2) is 4.79 Å². The molecule has 2 aromatic rings. The van der Waals surface area contributed by atoms with Crippen LogP contribution in [-0.4, -0.2) is 16.0 Å². The lowest BCUT2D eigenvalue weighted by Gasteiger charge is -2.09. The fourth-order valence-electron chi connectivity index (χ4n) is 1.68. The van der Waals surface area contributed by atoms with Gasteiger partial charge in [-0.3, -0.25) is 10.1 Å². The zero-order valence-electron chi connectivity index (χ0n) is 10.6. The first-order valence-electron chi connectivity index (χ1n) is 5.73. The van der Waals surface area contributed by atoms with Gasteiger partial charge in [-0.1, -0.05) is 12.1 Å². The molecule has 0 aliphatic heterocycles. The third-order valence-electron chi connectivity index (χ3n) is 2.62. The molecular formula is C14H11NO5. The van der Waals surface area contributed by atoms with E-state index in [1.54, 1.807) is 19.1 Å². The van der Waals surface area contributed by atoms with Gasteiger partial charge < -0.3 is 9.84 Å². The highest BCUT2D eigenvalue weighted by Gasteiger charge is 2.13. The molecule has 0 heterocycles. The molecule has 6 heteroatoms. The van der Waals surface area contributed by atoms with Gasteiger partial charge in [-0.05, 0) is 30.7 Å². The molecule has 0 saturated heterocycles. The Bertz CT molecular complexity index is 681. The number of carboxylic acid groups (broad SMARTS) is 1. The fourth-order valence-corrected chi connectivity index (χ4v) is 1.68. The number of aromatic carboxylic acids is 1. The average molecular weight is 273 g/mol. The Morgan fingerprint density at radius 3 is 2.65 bits per heavy atom. The molecule has 6 nitrogen and oxygen atoms in total. The second-order valence-electron chi connectivity index (χ2n) is 4.16. The summed E-state index contributed by atoms with van der Waals surface area (Å²) in [5.74, 6) is -0.754. The van der Waals surface area contributed by atoms with Gasteiger partial charge in [0.2, 0.25) is 0 Å². The minimum absolute atomic E-state index is 0.00195. The van der Waals surface area contributed by atoms with Gasteiger partial charge in [0.15, 0.2) is 0 Å². The summed E-state index contributed by atoms with van der Waals surface area (Å²) < 4.78 is 5.46. The first kappa shape index (κ1) is 13.5. The predicted octanol–water partition coefficient (Wildman–Crippen LogP) is 3.39. The summed E-state index contributed by atoms with van der Waals surface area (Å²) in [7, 11) is 0. The molecule has 20 heavy (non-hydrogen) atoms. The van der Waals surface area contributed by atoms with Crippen LogP contribution in [0.5, 0.6) is 11.5 Å². The van der Waals surface area contributed by atoms with Gasteiger partial charge in [-0.2, -0.15) is 0 Å². The monoisotopic (exact) mass is 273 g/mol. The number of carbonyl (C=O) groups is 1. The van der Waals surface area contributed by atoms with Crippen molar-refractivity contribution in [2.75, 3.05) is 0 Å². The Balaban J connectivity index is 2.39. The van der Waals surface area contributed by atoms with Crippen LogP contribution in [-0.2, 0) is 0 Å². The van der Waals surface area contributed by atoms with E-state index < -0.39 is 10.9 Å². The largest absolute Gasteiger partial charge is 0.478 e. The van der Waals surface area contributed by atoms with Gasteiger partial charge in [-0.15, -0.1) is 0 Å². The SMILES string of the molecule is Cc1ccc(C(=O)O)c(Oc2cccc([N+](=O)[O-])c2)c1. The third-order valence-corrected chi connectivity index (χ3v) is 2.62. The van der Waals surface area contributed by atoms with Crippen LogP contribution in [0.25, 0.3) is 0 Å². The first-order valence-corrected chi connectivity index (χ1v) is 5.73. The Kier molecular flexibility index (Phi) is 3.65. The predicted molar refractivity (Wildman–Crippen MR) is 71.3 cm³/mol. The Morgan fingerprint density at radius 2 is 2.00 bits per heavy atom. The van der Waals surface area contributed by atoms with E-state index in [1.807, 2.05) is 0 Å². The van der Waals surface area contributed by atoms with E-state index in [0.29, 0.717) is 0 Å². The van der Waals surface area contributed by atoms with Crippen molar-refractivity contribution in [1.82, 2.24) is 0 Å². The second kappa shape index (κ2) is 5.40. The second-order valence-corrected chi connectivity index (χ2v) is 4.16. The summed E-state index contributed by atoms with van der Waals surface area (Å²) in [6.07, 6.45) is 0. The smallest absolute Gasteiger partial charge is 0.339 e. The number of hydrogen-bond donors (Lipinski definition) is 1. The minimum atomic E-state index is -1.12. The maximum Gasteiger partial charge on any atom is 0.339 e. The number of aryl methyl sites for hydroxylation is 1. The quantitative estimate of drug-likeness (QED) is 0.681. The van der Waals surface area contributed by atoms with Gasteiger partial charge in [0.1, 0.15) is 17.1 Å². The molecule has 0 fully saturated rings. The standard InChI is InChI=1S/C14H11NO5/c1-9-5-6-12(14(16)17)13(7-9)20-11-4-2-3-10(8-11)15(18)19/h2-8H,1H3,(H,16,17). The van der Waals surface area contributed by atoms with E-state index in [9.17, 15) is 14.9 Å². The molecule has 1 N–H and O–H groups in total. The molecule has 0 unspecified atom stereocenters. The molecule has 0 aliphatic rings. The number of nitrogens with zero attached hydrogens (tertiary/aromatic N) is 1. The van der Waals surface area contributed by atoms with Crippen molar-refractivity contribution in [3.63, 3.8) is 0 Å². The van der Waals surface area contributed by atoms with Crippen molar-refractivity contribution in [2.24, 2.45) is 0 Å². The Labute approximate surface area is 114 Å². The molecule has 0 radical (unpaired) electrons. The van der Waals surface area contributed by atoms with Crippen molar-refractivity contribution in [2.45, 2.75) is 6.92 Å². The molecule has 2 rings (SSSR count). The molecule has 0 spiro atoms. The van der Waals surface area contributed by atoms with Crippen molar-refractivity contribution >= 4 is 11.7 Å². The number of rotatable bonds is 4. The number of benzene rings is 2. The lowest BCUT2D eigenvalue weighted by Crippen LogP contribution is -2.00. The van der Waals surface area contributed by atoms with Gasteiger partial charge in [0.25, 0.3) is 5.69 Å². The number of non-ortho nitro benzene ring substituents is 1. The number of nitro groups is 1. The molecule has 0 aromatic heterocycles. The molecule has 0 atom stereocenters. The van der Waals surface area contributed by atoms with Crippen LogP contribution in [0.3, 0.4) is 0 Å². The van der Waals surface area contributed by atoms with Crippen LogP contribution in [0.4, 0.5) is 5.69 Å². The molecular weight excluding hydrogens is 262 g/mol. The van der Waals surface area contributed by atoms with Crippen LogP contribution in [0, 0.1) is 17.0 Å². The molecule has 0 aliphatic carbocycles. The van der Waals surface area contributed by atoms with E-state index in [0.717, 1.165) is 5.56 Å². The lowest BCUT2D eigenvalue weighted by molar-refractivity contribution is -0.384. The number of hydrogen-bond acceptors (Lipinski definition) is 4. The average Bonchev–Trinajstić information content (AvgIpc) is 2.38. The Hall–Kier alpha value is -2.89. The van der Waals surface area contributed by atoms with Crippen molar-refractivity contribution in [3.05, 3.63) is 63.7 Å². The van der Waals surface area contributed by atoms with Gasteiger partial charge in [0.05, 0.1) is 11.0 Å². The molecule has 2 aromatic carbocycles. The van der Waals surface area contributed by atoms with Gasteiger partial charge in [0, 0.05) is 6.07 Å². The van der Waals surface area contributed by atoms with E-state index in [1.165, 1.54) is 30.3 Å². The topological polar surface area (TPSA) is 89.7 Å². The van der Waals surface area contributed by atoms with Crippen LogP contribution in [0.1, 0.15) is 15.9 Å². The van der Waals surface area contributed by atoms with E-state index in [-0.39, 0.29) is 22.7 Å². The summed E-state index contributed by atoms with van der Waals surface area (Å²) >= 11 is 0. The van der Waals surface area contributed by atoms with E-state index in [4.69, 9.17) is 9.84 Å². The molecule has 102 valence electrons. The Morgan fingerprint density at radius 1 is 1.25 bits per heavy atom. The van der Waals surface area contributed by atoms with Crippen molar-refractivity contribution in [1.29, 1.82) is 0 Å². The number of ether oxygens (including phenoxy) is 1. The van der Waals surface area contributed by atoms with Crippen LogP contribution in [0.2, 0.25) is 0 Å². The van der Waals surface area contributed by atoms with Gasteiger partial charge >= 0.3 is 5.97 Å². The summed E-state index contributed by atoms with van der Waals surface area (Å²) in [5.41, 5.74) is 0.713. The maximum absolute atomic E-state index is 11.1. The molecule has 0 bridgehead atoms. The van der Waals surface area contributed by atoms with Crippen LogP contribution < -0.4 is 4.74 Å². The third kappa shape index (κ3) is 2.92. The first-order chi connectivity index (χ1) is 9.47. The lowest BCUT2D eigenvalue weighted by atomic mass is 10.1. The number of nitro benzene ring substituents is 1. The highest BCUT2D eigenvalue weighted by atomic mass is 16.6. The zero-order chi connectivity index (χ0) is 14.7. The molecule has 0 amide bonds. The minimum Gasteiger partial charge on any atom is -0.478 e. The fraction of sp³-hybridized carbons (Fsp3) is 0.0714. The van der Waals surface area contributed by atoms with E-state index >= 15 is 0 Å². The van der Waals surface area contributed by atoms with Crippen molar-refractivity contribution in [3.8, 4) is 11.5 Å². The van der Waals surface area contributed by atoms with Crippen molar-refractivity contribution < 1.29 is 19.6 Å². The summed E-state index contributed by atoms with van der Waals surface area (Å²) in [4.78, 5) is 21.3. The molecule has 0 saturated carbocycles. The number of carboxylic acids is 1. The maximum atomic E-state index is 11.1. The normalized spacial score (nSPS) is 10.1. The highest BCUT2D eigenvalue weighted by Crippen LogP contribution is 2.28. The van der Waals surface area contributed by atoms with E-state index in [2.05, 4.69) is 0 Å². The van der Waals surface area contributed by atoms with Crippen LogP contribution in [0.15, 0.2) is 42.5 Å². The highest BCUT2D eigenvalue weighted by molar-refractivity contribution is 5.91. The summed E-state index contributed by atoms with van der Waals surface area (Å²) in [6, 6.07) is 10.2. The summed E-state index contributed by atoms with van der Waals surface area (Å²) in [6.45, 7) is 1.80.